The van der Waals surface area contributed by atoms with E-state index in [1.165, 1.54) is 57.8 Å². The van der Waals surface area contributed by atoms with E-state index in [1.807, 2.05) is 29.5 Å². The Balaban J connectivity index is 0.000000178. The van der Waals surface area contributed by atoms with Crippen molar-refractivity contribution in [2.24, 2.45) is 0 Å². The molecule has 1 fully saturated rings. The molecule has 0 bridgehead atoms. The molecule has 0 aliphatic heterocycles. The molecule has 0 N–H and O–H groups in total. The summed E-state index contributed by atoms with van der Waals surface area (Å²) in [6.45, 7) is 14.0. The molecule has 55 heavy (non-hydrogen) atoms. The van der Waals surface area contributed by atoms with Crippen LogP contribution in [0.2, 0.25) is 19.6 Å². The summed E-state index contributed by atoms with van der Waals surface area (Å²) >= 11 is 1.83. The zero-order chi connectivity index (χ0) is 37.5. The molecular weight excluding hydrogens is 883 g/mol. The molecule has 3 heterocycles. The normalized spacial score (nSPS) is 13.8. The molecule has 3 aromatic heterocycles. The second kappa shape index (κ2) is 16.1. The maximum atomic E-state index is 5.03. The Morgan fingerprint density at radius 2 is 1.47 bits per heavy atom. The van der Waals surface area contributed by atoms with E-state index in [1.54, 1.807) is 10.8 Å². The summed E-state index contributed by atoms with van der Waals surface area (Å²) in [5.74, 6) is 1.66. The Labute approximate surface area is 345 Å². The number of hydrogen-bond acceptors (Lipinski definition) is 3. The quantitative estimate of drug-likeness (QED) is 0.127. The van der Waals surface area contributed by atoms with Crippen molar-refractivity contribution in [1.29, 1.82) is 0 Å². The molecule has 1 aliphatic carbocycles. The molecule has 1 radical (unpaired) electrons. The Morgan fingerprint density at radius 1 is 0.745 bits per heavy atom. The minimum absolute atomic E-state index is 0. The van der Waals surface area contributed by atoms with Crippen LogP contribution < -0.4 is 5.19 Å². The molecule has 281 valence electrons. The summed E-state index contributed by atoms with van der Waals surface area (Å²) in [5.41, 5.74) is 9.46. The van der Waals surface area contributed by atoms with Crippen molar-refractivity contribution in [3.8, 4) is 28.3 Å². The van der Waals surface area contributed by atoms with Gasteiger partial charge >= 0.3 is 0 Å². The monoisotopic (exact) mass is 932 g/mol. The van der Waals surface area contributed by atoms with Gasteiger partial charge in [-0.3, -0.25) is 4.98 Å². The fourth-order valence-corrected chi connectivity index (χ4v) is 10.6. The summed E-state index contributed by atoms with van der Waals surface area (Å²) in [4.78, 5) is 9.80. The van der Waals surface area contributed by atoms with E-state index in [2.05, 4.69) is 160 Å². The van der Waals surface area contributed by atoms with Gasteiger partial charge in [0.1, 0.15) is 0 Å². The number of rotatable bonds is 5. The number of hydrogen-bond donors (Lipinski definition) is 0. The molecule has 9 rings (SSSR count). The van der Waals surface area contributed by atoms with Gasteiger partial charge < -0.3 is 9.55 Å². The van der Waals surface area contributed by atoms with Crippen LogP contribution in [-0.4, -0.2) is 22.6 Å². The smallest absolute Gasteiger partial charge is 0.0799 e. The summed E-state index contributed by atoms with van der Waals surface area (Å²) in [6, 6.07) is 47.5. The van der Waals surface area contributed by atoms with E-state index in [0.717, 1.165) is 45.3 Å². The van der Waals surface area contributed by atoms with Gasteiger partial charge in [0.2, 0.25) is 0 Å². The third kappa shape index (κ3) is 8.20. The van der Waals surface area contributed by atoms with Crippen LogP contribution in [0.25, 0.3) is 59.5 Å². The van der Waals surface area contributed by atoms with E-state index < -0.39 is 8.07 Å². The van der Waals surface area contributed by atoms with Gasteiger partial charge in [-0.15, -0.1) is 59.7 Å². The van der Waals surface area contributed by atoms with Crippen molar-refractivity contribution < 1.29 is 20.1 Å². The summed E-state index contributed by atoms with van der Waals surface area (Å²) < 4.78 is 4.83. The van der Waals surface area contributed by atoms with Crippen molar-refractivity contribution in [2.45, 2.75) is 83.8 Å². The minimum Gasteiger partial charge on any atom is -0.333 e. The van der Waals surface area contributed by atoms with Crippen LogP contribution in [0.3, 0.4) is 0 Å². The van der Waals surface area contributed by atoms with E-state index >= 15 is 0 Å². The first-order chi connectivity index (χ1) is 26.0. The maximum Gasteiger partial charge on any atom is 0.0799 e. The van der Waals surface area contributed by atoms with Gasteiger partial charge in [0.25, 0.3) is 0 Å². The Bertz CT molecular complexity index is 2550. The van der Waals surface area contributed by atoms with Gasteiger partial charge in [0.15, 0.2) is 0 Å². The molecule has 0 amide bonds. The predicted octanol–water partition coefficient (Wildman–Crippen LogP) is 13.3. The summed E-state index contributed by atoms with van der Waals surface area (Å²) in [6.07, 6.45) is 9.03. The molecular formula is C49H49IrN3SSi-2. The molecule has 0 atom stereocenters. The van der Waals surface area contributed by atoms with Crippen LogP contribution in [0.1, 0.15) is 69.9 Å². The predicted molar refractivity (Wildman–Crippen MR) is 234 cm³/mol. The third-order valence-corrected chi connectivity index (χ3v) is 14.0. The van der Waals surface area contributed by atoms with E-state index in [4.69, 9.17) is 9.97 Å². The fourth-order valence-electron chi connectivity index (χ4n) is 7.92. The number of pyridine rings is 1. The van der Waals surface area contributed by atoms with Crippen molar-refractivity contribution in [3.05, 3.63) is 145 Å². The van der Waals surface area contributed by atoms with Gasteiger partial charge in [0, 0.05) is 36.7 Å². The number of thiophene rings is 1. The topological polar surface area (TPSA) is 30.7 Å². The zero-order valence-corrected chi connectivity index (χ0v) is 37.0. The second-order valence-electron chi connectivity index (χ2n) is 16.8. The molecule has 1 saturated carbocycles. The number of fused-ring (bicyclic) bond motifs is 4. The minimum atomic E-state index is -1.36. The Kier molecular flexibility index (Phi) is 11.4. The van der Waals surface area contributed by atoms with Crippen LogP contribution in [0.4, 0.5) is 0 Å². The molecule has 3 nitrogen and oxygen atoms in total. The Hall–Kier alpha value is -4.19. The number of nitrogens with zero attached hydrogens (tertiary/aromatic N) is 3. The molecule has 1 aliphatic rings. The van der Waals surface area contributed by atoms with Gasteiger partial charge in [-0.2, -0.15) is 11.3 Å². The van der Waals surface area contributed by atoms with Gasteiger partial charge in [-0.25, -0.2) is 0 Å². The van der Waals surface area contributed by atoms with Crippen molar-refractivity contribution >= 4 is 55.8 Å². The average molecular weight is 932 g/mol. The van der Waals surface area contributed by atoms with Crippen molar-refractivity contribution in [3.63, 3.8) is 0 Å². The molecule has 8 aromatic rings. The molecule has 5 aromatic carbocycles. The van der Waals surface area contributed by atoms with Crippen molar-refractivity contribution in [1.82, 2.24) is 14.5 Å². The van der Waals surface area contributed by atoms with Gasteiger partial charge in [-0.1, -0.05) is 119 Å². The SMILES string of the molecule is CC(C)(C)c1ccc(-n2c(-c3[c-]cc4c(c3)sc3ccccc34)nc3ccccc32)cc1.C[Si](C)(C)c1cnc(-c2[c-]cccc2)cc1C1CCCCC1.[Ir]. The van der Waals surface area contributed by atoms with E-state index in [9.17, 15) is 0 Å². The maximum absolute atomic E-state index is 5.03. The van der Waals surface area contributed by atoms with E-state index in [-0.39, 0.29) is 25.5 Å². The summed E-state index contributed by atoms with van der Waals surface area (Å²) in [7, 11) is -1.36. The first-order valence-corrected chi connectivity index (χ1v) is 23.8. The van der Waals surface area contributed by atoms with Crippen molar-refractivity contribution in [2.75, 3.05) is 0 Å². The first-order valence-electron chi connectivity index (χ1n) is 19.4. The van der Waals surface area contributed by atoms with Gasteiger partial charge in [0.05, 0.1) is 24.9 Å². The number of imidazole rings is 1. The standard InChI is InChI=1S/C29H23N2S.C20H26NSi.Ir/c1-29(2,3)20-13-15-21(16-14-20)31-25-10-6-5-9-24(25)30-28(31)19-12-17-23-22-8-4-7-11-26(22)32-27(23)18-19;1-22(2,3)20-15-21-19(17-12-8-5-9-13-17)14-18(20)16-10-6-4-7-11-16;/h4-11,13-18H,1-3H3;5,8-9,12,14-16H,4,6-7,10-11H2,1-3H3;/q2*-1;. The van der Waals surface area contributed by atoms with E-state index in [0.29, 0.717) is 0 Å². The summed E-state index contributed by atoms with van der Waals surface area (Å²) in [5, 5.41) is 4.10. The van der Waals surface area contributed by atoms with Gasteiger partial charge in [-0.05, 0) is 81.0 Å². The van der Waals surface area contributed by atoms with Crippen LogP contribution in [-0.2, 0) is 25.5 Å². The molecule has 0 spiro atoms. The number of benzene rings is 5. The van der Waals surface area contributed by atoms with Crippen LogP contribution >= 0.6 is 11.3 Å². The van der Waals surface area contributed by atoms with Crippen LogP contribution in [0.5, 0.6) is 0 Å². The first kappa shape index (κ1) is 39.1. The fraction of sp³-hybridized carbons (Fsp3) is 0.265. The third-order valence-electron chi connectivity index (χ3n) is 10.9. The molecule has 0 unspecified atom stereocenters. The largest absolute Gasteiger partial charge is 0.333 e. The molecule has 0 saturated heterocycles. The zero-order valence-electron chi connectivity index (χ0n) is 32.7. The number of para-hydroxylation sites is 2. The van der Waals surface area contributed by atoms with Crippen LogP contribution in [0.15, 0.2) is 121 Å². The Morgan fingerprint density at radius 3 is 2.20 bits per heavy atom. The van der Waals surface area contributed by atoms with Crippen LogP contribution in [0, 0.1) is 12.1 Å². The number of aromatic nitrogens is 3. The second-order valence-corrected chi connectivity index (χ2v) is 22.9. The molecule has 6 heteroatoms. The average Bonchev–Trinajstić information content (AvgIpc) is 3.76.